The summed E-state index contributed by atoms with van der Waals surface area (Å²) >= 11 is 0. The van der Waals surface area contributed by atoms with Gasteiger partial charge in [-0.25, -0.2) is 8.78 Å². The van der Waals surface area contributed by atoms with Gasteiger partial charge < -0.3 is 5.32 Å². The van der Waals surface area contributed by atoms with Crippen LogP contribution in [0, 0.1) is 18.6 Å². The normalized spacial score (nSPS) is 10.8. The Morgan fingerprint density at radius 1 is 0.950 bits per heavy atom. The number of nitrogens with one attached hydrogen (secondary N) is 1. The van der Waals surface area contributed by atoms with Crippen LogP contribution in [-0.2, 0) is 6.54 Å². The van der Waals surface area contributed by atoms with Gasteiger partial charge in [0.05, 0.1) is 0 Å². The molecule has 0 saturated heterocycles. The summed E-state index contributed by atoms with van der Waals surface area (Å²) in [7, 11) is 0. The minimum Gasteiger partial charge on any atom is -0.313 e. The predicted molar refractivity (Wildman–Crippen MR) is 78.5 cm³/mol. The number of aryl methyl sites for hydroxylation is 1. The van der Waals surface area contributed by atoms with Crippen LogP contribution < -0.4 is 5.32 Å². The van der Waals surface area contributed by atoms with Crippen LogP contribution in [0.25, 0.3) is 11.1 Å². The first-order valence-electron chi connectivity index (χ1n) is 6.87. The van der Waals surface area contributed by atoms with Crippen molar-refractivity contribution in [2.75, 3.05) is 6.54 Å². The molecule has 1 nitrogen and oxygen atoms in total. The largest absolute Gasteiger partial charge is 0.313 e. The van der Waals surface area contributed by atoms with Gasteiger partial charge in [0, 0.05) is 6.54 Å². The van der Waals surface area contributed by atoms with Crippen LogP contribution in [-0.4, -0.2) is 6.54 Å². The van der Waals surface area contributed by atoms with E-state index in [1.54, 1.807) is 12.1 Å². The van der Waals surface area contributed by atoms with Gasteiger partial charge in [-0.2, -0.15) is 0 Å². The molecule has 0 unspecified atom stereocenters. The van der Waals surface area contributed by atoms with Gasteiger partial charge in [0.1, 0.15) is 11.6 Å². The Morgan fingerprint density at radius 2 is 1.60 bits per heavy atom. The third-order valence-electron chi connectivity index (χ3n) is 3.30. The molecular weight excluding hydrogens is 256 g/mol. The lowest BCUT2D eigenvalue weighted by atomic mass is 9.95. The van der Waals surface area contributed by atoms with E-state index in [1.807, 2.05) is 6.92 Å². The van der Waals surface area contributed by atoms with Crippen molar-refractivity contribution in [3.05, 3.63) is 59.2 Å². The lowest BCUT2D eigenvalue weighted by Crippen LogP contribution is -2.14. The molecule has 0 saturated carbocycles. The van der Waals surface area contributed by atoms with Gasteiger partial charge in [0.2, 0.25) is 0 Å². The van der Waals surface area contributed by atoms with Crippen molar-refractivity contribution in [3.63, 3.8) is 0 Å². The average Bonchev–Trinajstić information content (AvgIpc) is 2.43. The first-order valence-corrected chi connectivity index (χ1v) is 6.87. The van der Waals surface area contributed by atoms with E-state index in [0.29, 0.717) is 6.54 Å². The quantitative estimate of drug-likeness (QED) is 0.795. The summed E-state index contributed by atoms with van der Waals surface area (Å²) in [6.07, 6.45) is 1.04. The lowest BCUT2D eigenvalue weighted by Gasteiger charge is -2.13. The molecule has 0 aliphatic rings. The second kappa shape index (κ2) is 6.62. The van der Waals surface area contributed by atoms with E-state index >= 15 is 0 Å². The van der Waals surface area contributed by atoms with E-state index in [9.17, 15) is 8.78 Å². The summed E-state index contributed by atoms with van der Waals surface area (Å²) in [5, 5.41) is 3.30. The van der Waals surface area contributed by atoms with Gasteiger partial charge in [-0.1, -0.05) is 19.1 Å². The van der Waals surface area contributed by atoms with Crippen LogP contribution in [0.3, 0.4) is 0 Å². The molecule has 0 amide bonds. The van der Waals surface area contributed by atoms with Crippen molar-refractivity contribution >= 4 is 0 Å². The highest BCUT2D eigenvalue weighted by atomic mass is 19.1. The third-order valence-corrected chi connectivity index (χ3v) is 3.30. The van der Waals surface area contributed by atoms with Crippen LogP contribution >= 0.6 is 0 Å². The molecule has 0 aliphatic carbocycles. The molecule has 0 spiro atoms. The summed E-state index contributed by atoms with van der Waals surface area (Å²) in [6.45, 7) is 5.55. The van der Waals surface area contributed by atoms with Crippen LogP contribution in [0.2, 0.25) is 0 Å². The fraction of sp³-hybridized carbons (Fsp3) is 0.294. The topological polar surface area (TPSA) is 12.0 Å². The van der Waals surface area contributed by atoms with Crippen LogP contribution in [0.15, 0.2) is 36.4 Å². The van der Waals surface area contributed by atoms with Crippen molar-refractivity contribution in [1.82, 2.24) is 5.32 Å². The Kier molecular flexibility index (Phi) is 4.85. The smallest absolute Gasteiger partial charge is 0.123 e. The molecule has 0 aromatic heterocycles. The molecule has 0 bridgehead atoms. The third kappa shape index (κ3) is 3.42. The Balaban J connectivity index is 2.42. The van der Waals surface area contributed by atoms with E-state index in [-0.39, 0.29) is 11.6 Å². The molecule has 2 rings (SSSR count). The molecule has 1 N–H and O–H groups in total. The first kappa shape index (κ1) is 14.7. The van der Waals surface area contributed by atoms with E-state index < -0.39 is 0 Å². The number of halogens is 2. The van der Waals surface area contributed by atoms with Crippen molar-refractivity contribution in [2.24, 2.45) is 0 Å². The fourth-order valence-corrected chi connectivity index (χ4v) is 2.24. The molecule has 3 heteroatoms. The maximum absolute atomic E-state index is 13.5. The summed E-state index contributed by atoms with van der Waals surface area (Å²) in [6, 6.07) is 9.29. The van der Waals surface area contributed by atoms with Crippen LogP contribution in [0.1, 0.15) is 24.5 Å². The minimum atomic E-state index is -0.303. The molecule has 0 atom stereocenters. The highest BCUT2D eigenvalue weighted by molar-refractivity contribution is 5.70. The van der Waals surface area contributed by atoms with Gasteiger partial charge in [0.15, 0.2) is 0 Å². The Hall–Kier alpha value is -1.74. The second-order valence-corrected chi connectivity index (χ2v) is 4.94. The van der Waals surface area contributed by atoms with Gasteiger partial charge in [-0.05, 0) is 66.4 Å². The Bertz CT molecular complexity index is 594. The Morgan fingerprint density at radius 3 is 2.30 bits per heavy atom. The number of hydrogen-bond donors (Lipinski definition) is 1. The molecular formula is C17H19F2N. The predicted octanol–water partition coefficient (Wildman–Crippen LogP) is 4.44. The van der Waals surface area contributed by atoms with E-state index in [1.165, 1.54) is 24.3 Å². The first-order chi connectivity index (χ1) is 9.61. The van der Waals surface area contributed by atoms with Gasteiger partial charge in [-0.15, -0.1) is 0 Å². The molecule has 20 heavy (non-hydrogen) atoms. The van der Waals surface area contributed by atoms with Crippen molar-refractivity contribution in [3.8, 4) is 11.1 Å². The van der Waals surface area contributed by atoms with Crippen molar-refractivity contribution in [2.45, 2.75) is 26.8 Å². The standard InChI is InChI=1S/C17H19F2N/c1-3-8-20-11-13-5-7-15(19)10-17(13)16-9-14(18)6-4-12(16)2/h4-7,9-10,20H,3,8,11H2,1-2H3. The summed E-state index contributed by atoms with van der Waals surface area (Å²) in [5.74, 6) is -0.606. The van der Waals surface area contributed by atoms with E-state index in [0.717, 1.165) is 35.2 Å². The van der Waals surface area contributed by atoms with Gasteiger partial charge in [0.25, 0.3) is 0 Å². The molecule has 0 radical (unpaired) electrons. The molecule has 0 fully saturated rings. The zero-order valence-electron chi connectivity index (χ0n) is 11.8. The summed E-state index contributed by atoms with van der Waals surface area (Å²) in [5.41, 5.74) is 3.42. The van der Waals surface area contributed by atoms with Crippen LogP contribution in [0.5, 0.6) is 0 Å². The van der Waals surface area contributed by atoms with Gasteiger partial charge >= 0.3 is 0 Å². The van der Waals surface area contributed by atoms with Crippen LogP contribution in [0.4, 0.5) is 8.78 Å². The van der Waals surface area contributed by atoms with E-state index in [2.05, 4.69) is 12.2 Å². The SMILES string of the molecule is CCCNCc1ccc(F)cc1-c1cc(F)ccc1C. The maximum atomic E-state index is 13.5. The van der Waals surface area contributed by atoms with E-state index in [4.69, 9.17) is 0 Å². The highest BCUT2D eigenvalue weighted by Crippen LogP contribution is 2.28. The van der Waals surface area contributed by atoms with Crippen molar-refractivity contribution in [1.29, 1.82) is 0 Å². The van der Waals surface area contributed by atoms with Gasteiger partial charge in [-0.3, -0.25) is 0 Å². The Labute approximate surface area is 118 Å². The fourth-order valence-electron chi connectivity index (χ4n) is 2.24. The zero-order chi connectivity index (χ0) is 14.5. The molecule has 2 aromatic carbocycles. The number of benzene rings is 2. The molecule has 0 aliphatic heterocycles. The number of rotatable bonds is 5. The molecule has 2 aromatic rings. The minimum absolute atomic E-state index is 0.303. The average molecular weight is 275 g/mol. The highest BCUT2D eigenvalue weighted by Gasteiger charge is 2.10. The van der Waals surface area contributed by atoms with Crippen molar-refractivity contribution < 1.29 is 8.78 Å². The number of hydrogen-bond acceptors (Lipinski definition) is 1. The zero-order valence-corrected chi connectivity index (χ0v) is 11.8. The summed E-state index contributed by atoms with van der Waals surface area (Å²) < 4.78 is 27.0. The molecule has 106 valence electrons. The molecule has 0 heterocycles. The second-order valence-electron chi connectivity index (χ2n) is 4.94. The maximum Gasteiger partial charge on any atom is 0.123 e. The lowest BCUT2D eigenvalue weighted by molar-refractivity contribution is 0.623. The monoisotopic (exact) mass is 275 g/mol. The summed E-state index contributed by atoms with van der Waals surface area (Å²) in [4.78, 5) is 0.